The summed E-state index contributed by atoms with van der Waals surface area (Å²) < 4.78 is 5.64. The molecule has 2 atom stereocenters. The van der Waals surface area contributed by atoms with Crippen molar-refractivity contribution in [2.45, 2.75) is 26.1 Å². The maximum absolute atomic E-state index is 12.2. The summed E-state index contributed by atoms with van der Waals surface area (Å²) in [6.45, 7) is 5.56. The second kappa shape index (κ2) is 6.78. The van der Waals surface area contributed by atoms with Crippen LogP contribution in [0, 0.1) is 0 Å². The number of nitrogens with one attached hydrogen (secondary N) is 1. The molecule has 6 nitrogen and oxygen atoms in total. The first-order chi connectivity index (χ1) is 10.0. The lowest BCUT2D eigenvalue weighted by Gasteiger charge is -2.38. The Morgan fingerprint density at radius 3 is 2.95 bits per heavy atom. The fourth-order valence-corrected chi connectivity index (χ4v) is 2.60. The van der Waals surface area contributed by atoms with Crippen LogP contribution in [-0.4, -0.2) is 49.5 Å². The van der Waals surface area contributed by atoms with E-state index in [4.69, 9.17) is 10.5 Å². The highest BCUT2D eigenvalue weighted by Gasteiger charge is 2.27. The Balaban J connectivity index is 2.32. The van der Waals surface area contributed by atoms with Crippen LogP contribution in [0.5, 0.6) is 0 Å². The van der Waals surface area contributed by atoms with Crippen molar-refractivity contribution in [3.8, 4) is 0 Å². The van der Waals surface area contributed by atoms with Crippen molar-refractivity contribution in [2.75, 3.05) is 36.9 Å². The molecule has 1 fully saturated rings. The van der Waals surface area contributed by atoms with Gasteiger partial charge in [-0.3, -0.25) is 4.79 Å². The van der Waals surface area contributed by atoms with Gasteiger partial charge in [0, 0.05) is 25.3 Å². The maximum atomic E-state index is 12.2. The number of nitrogens with two attached hydrogens (primary N) is 1. The summed E-state index contributed by atoms with van der Waals surface area (Å²) in [6.07, 6.45) is -0.267. The minimum Gasteiger partial charge on any atom is -0.399 e. The zero-order valence-corrected chi connectivity index (χ0v) is 12.5. The molecule has 0 aliphatic carbocycles. The number of amides is 1. The molecule has 1 amide bonds. The van der Waals surface area contributed by atoms with E-state index in [9.17, 15) is 9.90 Å². The monoisotopic (exact) mass is 293 g/mol. The van der Waals surface area contributed by atoms with Crippen LogP contribution in [0.3, 0.4) is 0 Å². The number of ether oxygens (including phenoxy) is 1. The second-order valence-electron chi connectivity index (χ2n) is 5.29. The van der Waals surface area contributed by atoms with Gasteiger partial charge < -0.3 is 25.8 Å². The largest absolute Gasteiger partial charge is 0.399 e. The normalized spacial score (nSPS) is 22.1. The van der Waals surface area contributed by atoms with Crippen LogP contribution in [0.4, 0.5) is 11.4 Å². The number of carbonyl (C=O) groups is 1. The summed E-state index contributed by atoms with van der Waals surface area (Å²) in [7, 11) is 0. The minimum atomic E-state index is -0.253. The highest BCUT2D eigenvalue weighted by molar-refractivity contribution is 6.00. The third-order valence-electron chi connectivity index (χ3n) is 3.47. The summed E-state index contributed by atoms with van der Waals surface area (Å²) in [5, 5.41) is 12.1. The number of hydrogen-bond acceptors (Lipinski definition) is 5. The number of nitrogen functional groups attached to an aromatic ring is 1. The first-order valence-electron chi connectivity index (χ1n) is 7.24. The van der Waals surface area contributed by atoms with E-state index in [1.807, 2.05) is 13.8 Å². The van der Waals surface area contributed by atoms with Gasteiger partial charge in [0.05, 0.1) is 30.1 Å². The Morgan fingerprint density at radius 1 is 1.52 bits per heavy atom. The molecule has 4 N–H and O–H groups in total. The summed E-state index contributed by atoms with van der Waals surface area (Å²) in [6, 6.07) is 5.27. The van der Waals surface area contributed by atoms with Gasteiger partial charge in [-0.2, -0.15) is 0 Å². The van der Waals surface area contributed by atoms with Crippen molar-refractivity contribution < 1.29 is 14.6 Å². The molecule has 6 heteroatoms. The van der Waals surface area contributed by atoms with Crippen LogP contribution >= 0.6 is 0 Å². The molecule has 1 saturated heterocycles. The molecule has 0 spiro atoms. The number of morpholine rings is 1. The average molecular weight is 293 g/mol. The van der Waals surface area contributed by atoms with E-state index in [0.29, 0.717) is 30.9 Å². The molecular weight excluding hydrogens is 270 g/mol. The van der Waals surface area contributed by atoms with Crippen molar-refractivity contribution in [3.05, 3.63) is 23.8 Å². The van der Waals surface area contributed by atoms with Crippen LogP contribution in [0.2, 0.25) is 0 Å². The molecule has 1 heterocycles. The molecule has 0 bridgehead atoms. The van der Waals surface area contributed by atoms with Gasteiger partial charge in [0.2, 0.25) is 0 Å². The van der Waals surface area contributed by atoms with E-state index in [1.165, 1.54) is 0 Å². The van der Waals surface area contributed by atoms with Crippen LogP contribution < -0.4 is 16.0 Å². The van der Waals surface area contributed by atoms with Crippen LogP contribution in [0.1, 0.15) is 24.2 Å². The molecule has 21 heavy (non-hydrogen) atoms. The molecule has 1 aliphatic heterocycles. The van der Waals surface area contributed by atoms with Gasteiger partial charge in [-0.15, -0.1) is 0 Å². The number of benzene rings is 1. The lowest BCUT2D eigenvalue weighted by atomic mass is 10.1. The molecule has 0 radical (unpaired) electrons. The molecule has 2 unspecified atom stereocenters. The zero-order valence-electron chi connectivity index (χ0n) is 12.5. The summed E-state index contributed by atoms with van der Waals surface area (Å²) in [4.78, 5) is 14.2. The van der Waals surface area contributed by atoms with Crippen LogP contribution in [0.15, 0.2) is 18.2 Å². The van der Waals surface area contributed by atoms with Crippen molar-refractivity contribution in [3.63, 3.8) is 0 Å². The van der Waals surface area contributed by atoms with Crippen LogP contribution in [-0.2, 0) is 4.74 Å². The Bertz CT molecular complexity index is 507. The second-order valence-corrected chi connectivity index (χ2v) is 5.29. The third-order valence-corrected chi connectivity index (χ3v) is 3.47. The SMILES string of the molecule is CCNC(=O)c1ccc(N)cc1N1CC(C)OC(CO)C1. The Kier molecular flexibility index (Phi) is 5.03. The molecule has 0 saturated carbocycles. The standard InChI is InChI=1S/C15H23N3O3/c1-3-17-15(20)13-5-4-11(16)6-14(13)18-7-10(2)21-12(8-18)9-19/h4-6,10,12,19H,3,7-9,16H2,1-2H3,(H,17,20). The first-order valence-corrected chi connectivity index (χ1v) is 7.24. The molecule has 1 aromatic carbocycles. The molecule has 2 rings (SSSR count). The Hall–Kier alpha value is -1.79. The highest BCUT2D eigenvalue weighted by atomic mass is 16.5. The zero-order chi connectivity index (χ0) is 15.4. The van der Waals surface area contributed by atoms with Gasteiger partial charge in [0.25, 0.3) is 5.91 Å². The third kappa shape index (κ3) is 3.65. The molecule has 116 valence electrons. The van der Waals surface area contributed by atoms with E-state index in [1.54, 1.807) is 18.2 Å². The number of nitrogens with zero attached hydrogens (tertiary/aromatic N) is 1. The lowest BCUT2D eigenvalue weighted by Crippen LogP contribution is -2.48. The Labute approximate surface area is 124 Å². The van der Waals surface area contributed by atoms with Crippen molar-refractivity contribution in [1.29, 1.82) is 0 Å². The number of anilines is 2. The summed E-state index contributed by atoms with van der Waals surface area (Å²) in [5.74, 6) is -0.118. The fourth-order valence-electron chi connectivity index (χ4n) is 2.60. The van der Waals surface area contributed by atoms with E-state index in [2.05, 4.69) is 10.2 Å². The van der Waals surface area contributed by atoms with E-state index in [-0.39, 0.29) is 24.7 Å². The predicted octanol–water partition coefficient (Wildman–Crippen LogP) is 0.604. The fraction of sp³-hybridized carbons (Fsp3) is 0.533. The van der Waals surface area contributed by atoms with Gasteiger partial charge in [-0.25, -0.2) is 0 Å². The Morgan fingerprint density at radius 2 is 2.29 bits per heavy atom. The van der Waals surface area contributed by atoms with E-state index >= 15 is 0 Å². The smallest absolute Gasteiger partial charge is 0.253 e. The van der Waals surface area contributed by atoms with Crippen LogP contribution in [0.25, 0.3) is 0 Å². The van der Waals surface area contributed by atoms with E-state index < -0.39 is 0 Å². The number of aliphatic hydroxyl groups excluding tert-OH is 1. The predicted molar refractivity (Wildman–Crippen MR) is 82.5 cm³/mol. The summed E-state index contributed by atoms with van der Waals surface area (Å²) in [5.41, 5.74) is 7.86. The molecule has 0 aromatic heterocycles. The topological polar surface area (TPSA) is 87.8 Å². The maximum Gasteiger partial charge on any atom is 0.253 e. The average Bonchev–Trinajstić information content (AvgIpc) is 2.46. The minimum absolute atomic E-state index is 0.0144. The van der Waals surface area contributed by atoms with Gasteiger partial charge in [-0.1, -0.05) is 0 Å². The number of hydrogen-bond donors (Lipinski definition) is 3. The number of carbonyl (C=O) groups excluding carboxylic acids is 1. The van der Waals surface area contributed by atoms with Gasteiger partial charge in [0.15, 0.2) is 0 Å². The highest BCUT2D eigenvalue weighted by Crippen LogP contribution is 2.27. The van der Waals surface area contributed by atoms with Crippen molar-refractivity contribution >= 4 is 17.3 Å². The van der Waals surface area contributed by atoms with Gasteiger partial charge in [-0.05, 0) is 32.0 Å². The molecule has 1 aliphatic rings. The quantitative estimate of drug-likeness (QED) is 0.708. The number of aliphatic hydroxyl groups is 1. The van der Waals surface area contributed by atoms with E-state index in [0.717, 1.165) is 5.69 Å². The van der Waals surface area contributed by atoms with Crippen molar-refractivity contribution in [1.82, 2.24) is 5.32 Å². The molecule has 1 aromatic rings. The summed E-state index contributed by atoms with van der Waals surface area (Å²) >= 11 is 0. The number of rotatable bonds is 4. The lowest BCUT2D eigenvalue weighted by molar-refractivity contribution is -0.0421. The first kappa shape index (κ1) is 15.6. The molecular formula is C15H23N3O3. The van der Waals surface area contributed by atoms with Crippen molar-refractivity contribution in [2.24, 2.45) is 0 Å². The van der Waals surface area contributed by atoms with Gasteiger partial charge in [0.1, 0.15) is 0 Å². The van der Waals surface area contributed by atoms with Gasteiger partial charge >= 0.3 is 0 Å².